The summed E-state index contributed by atoms with van der Waals surface area (Å²) in [5.74, 6) is -0.325. The maximum atomic E-state index is 13.6. The van der Waals surface area contributed by atoms with Crippen LogP contribution in [-0.4, -0.2) is 31.5 Å². The van der Waals surface area contributed by atoms with Gasteiger partial charge in [-0.15, -0.1) is 0 Å². The van der Waals surface area contributed by atoms with Crippen LogP contribution in [0.15, 0.2) is 82.4 Å². The summed E-state index contributed by atoms with van der Waals surface area (Å²) >= 11 is 0. The maximum Gasteiger partial charge on any atom is 0.300 e. The number of pyridine rings is 1. The molecule has 10 nitrogen and oxygen atoms in total. The van der Waals surface area contributed by atoms with Crippen molar-refractivity contribution in [1.82, 2.24) is 24.8 Å². The molecule has 206 valence electrons. The summed E-state index contributed by atoms with van der Waals surface area (Å²) in [6.45, 7) is 2.05. The van der Waals surface area contributed by atoms with Gasteiger partial charge in [0.2, 0.25) is 5.91 Å². The predicted octanol–water partition coefficient (Wildman–Crippen LogP) is 5.05. The highest BCUT2D eigenvalue weighted by Gasteiger charge is 2.27. The van der Waals surface area contributed by atoms with Crippen LogP contribution >= 0.6 is 0 Å². The number of benzene rings is 2. The molecule has 10 heteroatoms. The lowest BCUT2D eigenvalue weighted by Crippen LogP contribution is -2.34. The molecular formula is C31H28N6O4. The van der Waals surface area contributed by atoms with Gasteiger partial charge in [0.25, 0.3) is 11.6 Å². The Hall–Kier alpha value is -5.12. The molecule has 1 fully saturated rings. The number of furan rings is 1. The highest BCUT2D eigenvalue weighted by Crippen LogP contribution is 2.31. The third kappa shape index (κ3) is 5.00. The predicted molar refractivity (Wildman–Crippen MR) is 156 cm³/mol. The lowest BCUT2D eigenvalue weighted by atomic mass is 10.0. The molecule has 1 saturated carbocycles. The monoisotopic (exact) mass is 548 g/mol. The van der Waals surface area contributed by atoms with Gasteiger partial charge in [0.05, 0.1) is 12.7 Å². The summed E-state index contributed by atoms with van der Waals surface area (Å²) in [6.07, 6.45) is 6.78. The lowest BCUT2D eigenvalue weighted by molar-refractivity contribution is -0.122. The van der Waals surface area contributed by atoms with Crippen molar-refractivity contribution in [3.05, 3.63) is 94.8 Å². The molecule has 0 radical (unpaired) electrons. The average molecular weight is 549 g/mol. The molecule has 4 aromatic heterocycles. The maximum absolute atomic E-state index is 13.6. The normalized spacial score (nSPS) is 14.0. The Balaban J connectivity index is 1.11. The number of amides is 1. The number of carbonyl (C=O) groups is 1. The molecule has 7 rings (SSSR count). The highest BCUT2D eigenvalue weighted by atomic mass is 16.5. The first-order valence-electron chi connectivity index (χ1n) is 13.6. The largest absolute Gasteiger partial charge is 0.461 e. The van der Waals surface area contributed by atoms with E-state index in [9.17, 15) is 9.59 Å². The van der Waals surface area contributed by atoms with Crippen LogP contribution in [0.25, 0.3) is 32.8 Å². The van der Waals surface area contributed by atoms with E-state index < -0.39 is 0 Å². The number of aromatic amines is 1. The molecule has 4 heterocycles. The molecule has 2 aromatic carbocycles. The van der Waals surface area contributed by atoms with Gasteiger partial charge in [-0.1, -0.05) is 24.3 Å². The minimum absolute atomic E-state index is 0.0189. The van der Waals surface area contributed by atoms with E-state index >= 15 is 0 Å². The second kappa shape index (κ2) is 10.1. The van der Waals surface area contributed by atoms with E-state index in [4.69, 9.17) is 9.15 Å². The molecule has 1 amide bonds. The minimum atomic E-state index is -0.371. The van der Waals surface area contributed by atoms with Gasteiger partial charge in [-0.25, -0.2) is 4.98 Å². The molecule has 0 bridgehead atoms. The first-order chi connectivity index (χ1) is 20.0. The number of para-hydroxylation sites is 1. The minimum Gasteiger partial charge on any atom is -0.461 e. The average Bonchev–Trinajstić information content (AvgIpc) is 3.58. The van der Waals surface area contributed by atoms with E-state index in [2.05, 4.69) is 31.7 Å². The van der Waals surface area contributed by atoms with E-state index in [1.807, 2.05) is 55.5 Å². The van der Waals surface area contributed by atoms with Crippen LogP contribution < -0.4 is 20.9 Å². The molecule has 41 heavy (non-hydrogen) atoms. The summed E-state index contributed by atoms with van der Waals surface area (Å²) in [5.41, 5.74) is 4.32. The van der Waals surface area contributed by atoms with E-state index in [-0.39, 0.29) is 48.4 Å². The second-order valence-corrected chi connectivity index (χ2v) is 10.4. The van der Waals surface area contributed by atoms with Gasteiger partial charge >= 0.3 is 0 Å². The number of nitrogens with one attached hydrogen (secondary N) is 3. The van der Waals surface area contributed by atoms with Crippen molar-refractivity contribution in [2.45, 2.75) is 45.0 Å². The Kier molecular flexibility index (Phi) is 6.15. The van der Waals surface area contributed by atoms with Crippen LogP contribution in [0, 0.1) is 0 Å². The fourth-order valence-corrected chi connectivity index (χ4v) is 4.99. The number of anilines is 1. The number of rotatable bonds is 9. The van der Waals surface area contributed by atoms with Gasteiger partial charge in [-0.3, -0.25) is 19.1 Å². The molecule has 0 saturated heterocycles. The fraction of sp³-hybridized carbons (Fsp3) is 0.226. The number of carbonyl (C=O) groups excluding carboxylic acids is 1. The first-order valence-corrected chi connectivity index (χ1v) is 13.6. The van der Waals surface area contributed by atoms with E-state index in [1.165, 1.54) is 10.8 Å². The quantitative estimate of drug-likeness (QED) is 0.231. The topological polar surface area (TPSA) is 127 Å². The zero-order valence-electron chi connectivity index (χ0n) is 22.4. The van der Waals surface area contributed by atoms with E-state index in [0.29, 0.717) is 0 Å². The molecule has 0 unspecified atom stereocenters. The smallest absolute Gasteiger partial charge is 0.300 e. The number of nitrogens with zero attached hydrogens (tertiary/aromatic N) is 3. The van der Waals surface area contributed by atoms with Crippen molar-refractivity contribution >= 4 is 44.4 Å². The van der Waals surface area contributed by atoms with Gasteiger partial charge in [0.15, 0.2) is 0 Å². The summed E-state index contributed by atoms with van der Waals surface area (Å²) < 4.78 is 13.1. The van der Waals surface area contributed by atoms with Crippen molar-refractivity contribution in [3.63, 3.8) is 0 Å². The number of hydrogen-bond donors (Lipinski definition) is 3. The SMILES string of the molecule is C[C@@H](Nc1cnc(OC2CC2)n(CC(=O)NCc2cc3cnccc3[nH]2)c1=O)c1ccc2oc3ccccc3c2c1. The molecule has 1 aliphatic rings. The van der Waals surface area contributed by atoms with Crippen LogP contribution in [0.3, 0.4) is 0 Å². The number of aromatic nitrogens is 4. The summed E-state index contributed by atoms with van der Waals surface area (Å²) in [5, 5.41) is 9.19. The first kappa shape index (κ1) is 24.9. The van der Waals surface area contributed by atoms with Crippen LogP contribution in [0.4, 0.5) is 5.69 Å². The molecular weight excluding hydrogens is 520 g/mol. The molecule has 3 N–H and O–H groups in total. The molecule has 0 aliphatic heterocycles. The standard InChI is InChI=1S/C31H28N6O4/c1-18(19-6-9-28-24(13-19)23-4-2-3-5-27(23)41-28)35-26-16-34-31(40-22-7-8-22)37(30(26)39)17-29(38)33-15-21-12-20-14-32-11-10-25(20)36-21/h2-6,9-14,16,18,22,35-36H,7-8,15,17H2,1H3,(H,33,38)/t18-/m1/s1. The Morgan fingerprint density at radius 2 is 1.98 bits per heavy atom. The summed E-state index contributed by atoms with van der Waals surface area (Å²) in [7, 11) is 0. The van der Waals surface area contributed by atoms with E-state index in [0.717, 1.165) is 56.9 Å². The van der Waals surface area contributed by atoms with Crippen LogP contribution in [0.5, 0.6) is 6.01 Å². The van der Waals surface area contributed by atoms with Gasteiger partial charge in [0, 0.05) is 45.8 Å². The highest BCUT2D eigenvalue weighted by molar-refractivity contribution is 6.05. The molecule has 1 atom stereocenters. The molecule has 1 aliphatic carbocycles. The van der Waals surface area contributed by atoms with Crippen molar-refractivity contribution in [1.29, 1.82) is 0 Å². The zero-order valence-corrected chi connectivity index (χ0v) is 22.4. The third-order valence-corrected chi connectivity index (χ3v) is 7.33. The van der Waals surface area contributed by atoms with Gasteiger partial charge in [-0.2, -0.15) is 0 Å². The van der Waals surface area contributed by atoms with Gasteiger partial charge < -0.3 is 24.8 Å². The number of hydrogen-bond acceptors (Lipinski definition) is 7. The Bertz CT molecular complexity index is 1940. The van der Waals surface area contributed by atoms with Crippen molar-refractivity contribution in [2.75, 3.05) is 5.32 Å². The number of fused-ring (bicyclic) bond motifs is 4. The Morgan fingerprint density at radius 1 is 1.12 bits per heavy atom. The van der Waals surface area contributed by atoms with E-state index in [1.54, 1.807) is 12.4 Å². The summed E-state index contributed by atoms with van der Waals surface area (Å²) in [6, 6.07) is 17.7. The van der Waals surface area contributed by atoms with Crippen molar-refractivity contribution in [3.8, 4) is 6.01 Å². The Labute approximate surface area is 234 Å². The number of ether oxygens (including phenoxy) is 1. The zero-order chi connectivity index (χ0) is 27.9. The lowest BCUT2D eigenvalue weighted by Gasteiger charge is -2.18. The van der Waals surface area contributed by atoms with Gasteiger partial charge in [0.1, 0.15) is 29.5 Å². The third-order valence-electron chi connectivity index (χ3n) is 7.33. The van der Waals surface area contributed by atoms with Gasteiger partial charge in [-0.05, 0) is 55.7 Å². The molecule has 6 aromatic rings. The van der Waals surface area contributed by atoms with Crippen LogP contribution in [-0.2, 0) is 17.9 Å². The number of H-pyrrole nitrogens is 1. The summed E-state index contributed by atoms with van der Waals surface area (Å²) in [4.78, 5) is 38.4. The van der Waals surface area contributed by atoms with Crippen LogP contribution in [0.2, 0.25) is 0 Å². The second-order valence-electron chi connectivity index (χ2n) is 10.4. The molecule has 0 spiro atoms. The van der Waals surface area contributed by atoms with Crippen molar-refractivity contribution < 1.29 is 13.9 Å². The fourth-order valence-electron chi connectivity index (χ4n) is 4.99. The Morgan fingerprint density at radius 3 is 2.83 bits per heavy atom. The van der Waals surface area contributed by atoms with Crippen LogP contribution in [0.1, 0.15) is 37.1 Å². The van der Waals surface area contributed by atoms with Crippen molar-refractivity contribution in [2.24, 2.45) is 0 Å².